The summed E-state index contributed by atoms with van der Waals surface area (Å²) in [5.74, 6) is 0.914. The molecule has 0 N–H and O–H groups in total. The summed E-state index contributed by atoms with van der Waals surface area (Å²) in [4.78, 5) is 44.1. The number of nitrogens with zero attached hydrogens (tertiary/aromatic N) is 3. The zero-order chi connectivity index (χ0) is 32.4. The van der Waals surface area contributed by atoms with E-state index in [4.69, 9.17) is 18.9 Å². The second kappa shape index (κ2) is 12.8. The summed E-state index contributed by atoms with van der Waals surface area (Å²) in [5, 5.41) is 11.5. The number of carbonyl (C=O) groups is 1. The fourth-order valence-electron chi connectivity index (χ4n) is 5.46. The van der Waals surface area contributed by atoms with E-state index in [2.05, 4.69) is 0 Å². The lowest BCUT2D eigenvalue weighted by Gasteiger charge is -2.26. The summed E-state index contributed by atoms with van der Waals surface area (Å²) in [6.45, 7) is 5.94. The van der Waals surface area contributed by atoms with Crippen LogP contribution in [0.1, 0.15) is 42.3 Å². The van der Waals surface area contributed by atoms with Crippen molar-refractivity contribution in [3.63, 3.8) is 0 Å². The molecule has 232 valence electrons. The van der Waals surface area contributed by atoms with Gasteiger partial charge in [-0.25, -0.2) is 9.79 Å². The minimum Gasteiger partial charge on any atom is -0.494 e. The molecule has 0 saturated heterocycles. The van der Waals surface area contributed by atoms with Crippen LogP contribution in [0.15, 0.2) is 105 Å². The number of hydrogen-bond acceptors (Lipinski definition) is 9. The Hall–Kier alpha value is -5.55. The number of esters is 1. The maximum atomic E-state index is 14.2. The Morgan fingerprint density at radius 3 is 2.48 bits per heavy atom. The normalized spacial score (nSPS) is 14.5. The summed E-state index contributed by atoms with van der Waals surface area (Å²) >= 11 is 1.17. The zero-order valence-corrected chi connectivity index (χ0v) is 26.1. The maximum Gasteiger partial charge on any atom is 0.338 e. The summed E-state index contributed by atoms with van der Waals surface area (Å²) in [5.41, 5.74) is 2.75. The fourth-order valence-corrected chi connectivity index (χ4v) is 6.44. The molecular formula is C35H29N3O7S. The number of nitro groups is 1. The van der Waals surface area contributed by atoms with Gasteiger partial charge in [0.2, 0.25) is 0 Å². The molecule has 1 aliphatic rings. The second-order valence-electron chi connectivity index (χ2n) is 10.3. The molecule has 0 saturated carbocycles. The van der Waals surface area contributed by atoms with Gasteiger partial charge in [0.1, 0.15) is 17.3 Å². The van der Waals surface area contributed by atoms with Crippen LogP contribution in [0.5, 0.6) is 5.75 Å². The first-order valence-corrected chi connectivity index (χ1v) is 15.5. The average molecular weight is 636 g/mol. The topological polar surface area (TPSA) is 126 Å². The molecule has 3 aromatic carbocycles. The maximum absolute atomic E-state index is 14.2. The van der Waals surface area contributed by atoms with Crippen molar-refractivity contribution < 1.29 is 23.6 Å². The van der Waals surface area contributed by atoms with E-state index in [0.29, 0.717) is 61.2 Å². The van der Waals surface area contributed by atoms with E-state index in [-0.39, 0.29) is 23.4 Å². The molecule has 0 amide bonds. The molecule has 5 aromatic rings. The molecule has 46 heavy (non-hydrogen) atoms. The first kappa shape index (κ1) is 30.5. The van der Waals surface area contributed by atoms with Gasteiger partial charge >= 0.3 is 5.97 Å². The lowest BCUT2D eigenvalue weighted by atomic mass is 9.93. The first-order chi connectivity index (χ1) is 22.3. The van der Waals surface area contributed by atoms with Crippen molar-refractivity contribution in [3.05, 3.63) is 143 Å². The minimum absolute atomic E-state index is 0.00956. The lowest BCUT2D eigenvalue weighted by Crippen LogP contribution is -2.40. The smallest absolute Gasteiger partial charge is 0.338 e. The lowest BCUT2D eigenvalue weighted by molar-refractivity contribution is -0.385. The minimum atomic E-state index is -0.831. The van der Waals surface area contributed by atoms with Crippen LogP contribution in [0, 0.1) is 17.0 Å². The monoisotopic (exact) mass is 635 g/mol. The van der Waals surface area contributed by atoms with Gasteiger partial charge in [-0.15, -0.1) is 0 Å². The SMILES string of the molecule is CCOC(=O)C1=C(c2ccccc2)N=c2s/c(=C\c3ccc(-c4cccc([N+](=O)[O-])c4C)o3)c(=O)n2[C@H]1c1ccc(OCC)cc1. The van der Waals surface area contributed by atoms with Gasteiger partial charge in [0.25, 0.3) is 11.2 Å². The highest BCUT2D eigenvalue weighted by Gasteiger charge is 2.35. The van der Waals surface area contributed by atoms with Gasteiger partial charge in [-0.3, -0.25) is 19.5 Å². The Morgan fingerprint density at radius 2 is 1.78 bits per heavy atom. The predicted molar refractivity (Wildman–Crippen MR) is 174 cm³/mol. The molecule has 6 rings (SSSR count). The summed E-state index contributed by atoms with van der Waals surface area (Å²) in [7, 11) is 0. The number of carbonyl (C=O) groups excluding carboxylic acids is 1. The number of thiazole rings is 1. The number of fused-ring (bicyclic) bond motifs is 1. The number of rotatable bonds is 9. The molecule has 11 heteroatoms. The Labute approximate surface area is 267 Å². The van der Waals surface area contributed by atoms with Crippen LogP contribution >= 0.6 is 11.3 Å². The van der Waals surface area contributed by atoms with Crippen LogP contribution < -0.4 is 19.6 Å². The van der Waals surface area contributed by atoms with Crippen molar-refractivity contribution >= 4 is 34.8 Å². The number of hydrogen-bond donors (Lipinski definition) is 0. The van der Waals surface area contributed by atoms with Gasteiger partial charge in [-0.05, 0) is 50.6 Å². The van der Waals surface area contributed by atoms with Gasteiger partial charge in [0, 0.05) is 28.8 Å². The number of benzene rings is 3. The van der Waals surface area contributed by atoms with Gasteiger partial charge in [-0.2, -0.15) is 0 Å². The van der Waals surface area contributed by atoms with Crippen LogP contribution in [0.2, 0.25) is 0 Å². The molecule has 1 aliphatic heterocycles. The van der Waals surface area contributed by atoms with E-state index < -0.39 is 16.9 Å². The van der Waals surface area contributed by atoms with Crippen molar-refractivity contribution in [2.45, 2.75) is 26.8 Å². The third-order valence-corrected chi connectivity index (χ3v) is 8.53. The van der Waals surface area contributed by atoms with Crippen molar-refractivity contribution in [2.24, 2.45) is 4.99 Å². The van der Waals surface area contributed by atoms with E-state index >= 15 is 0 Å². The van der Waals surface area contributed by atoms with Crippen molar-refractivity contribution in [2.75, 3.05) is 13.2 Å². The van der Waals surface area contributed by atoms with Crippen LogP contribution in [-0.4, -0.2) is 28.7 Å². The molecule has 0 radical (unpaired) electrons. The van der Waals surface area contributed by atoms with Crippen molar-refractivity contribution in [3.8, 4) is 17.1 Å². The highest BCUT2D eigenvalue weighted by Crippen LogP contribution is 2.36. The molecule has 0 bridgehead atoms. The molecule has 3 heterocycles. The molecule has 0 aliphatic carbocycles. The van der Waals surface area contributed by atoms with E-state index in [9.17, 15) is 19.7 Å². The third-order valence-electron chi connectivity index (χ3n) is 7.55. The van der Waals surface area contributed by atoms with E-state index in [1.807, 2.05) is 49.4 Å². The fraction of sp³-hybridized carbons (Fsp3) is 0.171. The highest BCUT2D eigenvalue weighted by atomic mass is 32.1. The highest BCUT2D eigenvalue weighted by molar-refractivity contribution is 7.07. The average Bonchev–Trinajstić information content (AvgIpc) is 3.65. The van der Waals surface area contributed by atoms with Crippen LogP contribution in [-0.2, 0) is 9.53 Å². The molecule has 1 atom stereocenters. The van der Waals surface area contributed by atoms with E-state index in [0.717, 1.165) is 0 Å². The van der Waals surface area contributed by atoms with Crippen LogP contribution in [0.3, 0.4) is 0 Å². The number of nitro benzene ring substituents is 1. The van der Waals surface area contributed by atoms with E-state index in [1.165, 1.54) is 22.0 Å². The van der Waals surface area contributed by atoms with Crippen LogP contribution in [0.25, 0.3) is 23.1 Å². The Kier molecular flexibility index (Phi) is 8.49. The number of aromatic nitrogens is 1. The van der Waals surface area contributed by atoms with Crippen molar-refractivity contribution in [1.82, 2.24) is 4.57 Å². The molecule has 10 nitrogen and oxygen atoms in total. The molecule has 0 spiro atoms. The Balaban J connectivity index is 1.53. The summed E-state index contributed by atoms with van der Waals surface area (Å²) in [6, 6.07) is 24.0. The summed E-state index contributed by atoms with van der Waals surface area (Å²) in [6.07, 6.45) is 1.62. The molecular weight excluding hydrogens is 606 g/mol. The van der Waals surface area contributed by atoms with Gasteiger partial charge in [0.15, 0.2) is 4.80 Å². The Bertz CT molecular complexity index is 2160. The quantitative estimate of drug-likeness (QED) is 0.114. The Morgan fingerprint density at radius 1 is 1.02 bits per heavy atom. The molecule has 0 fully saturated rings. The van der Waals surface area contributed by atoms with Gasteiger partial charge in [-0.1, -0.05) is 65.9 Å². The second-order valence-corrected chi connectivity index (χ2v) is 11.4. The van der Waals surface area contributed by atoms with Crippen LogP contribution in [0.4, 0.5) is 5.69 Å². The first-order valence-electron chi connectivity index (χ1n) is 14.7. The number of ether oxygens (including phenoxy) is 2. The standard InChI is InChI=1S/C35H29N3O7S/c1-4-43-24-16-14-23(15-17-24)32-30(34(40)44-5-2)31(22-10-7-6-8-11-22)36-35-37(32)33(39)29(46-35)20-25-18-19-28(45-25)26-12-9-13-27(21(26)3)38(41)42/h6-20,32H,4-5H2,1-3H3/b29-20-/t32-/m0/s1. The molecule has 0 unspecified atom stereocenters. The zero-order valence-electron chi connectivity index (χ0n) is 25.3. The molecule has 2 aromatic heterocycles. The van der Waals surface area contributed by atoms with E-state index in [1.54, 1.807) is 56.3 Å². The van der Waals surface area contributed by atoms with Gasteiger partial charge < -0.3 is 13.9 Å². The third kappa shape index (κ3) is 5.68. The van der Waals surface area contributed by atoms with Crippen molar-refractivity contribution in [1.29, 1.82) is 0 Å². The largest absolute Gasteiger partial charge is 0.494 e. The summed E-state index contributed by atoms with van der Waals surface area (Å²) < 4.78 is 19.1. The van der Waals surface area contributed by atoms with Gasteiger partial charge in [0.05, 0.1) is 40.0 Å². The predicted octanol–water partition coefficient (Wildman–Crippen LogP) is 5.81. The number of furan rings is 1.